The number of carbonyl (C=O) groups is 1. The van der Waals surface area contributed by atoms with Gasteiger partial charge in [0.05, 0.1) is 6.54 Å². The Balaban J connectivity index is 0.00000392. The quantitative estimate of drug-likeness (QED) is 0.310. The first kappa shape index (κ1) is 24.7. The van der Waals surface area contributed by atoms with Crippen LogP contribution in [0.4, 0.5) is 0 Å². The number of benzene rings is 1. The van der Waals surface area contributed by atoms with E-state index in [-0.39, 0.29) is 29.9 Å². The number of amides is 1. The maximum atomic E-state index is 12.0. The Hall–Kier alpha value is -1.35. The Labute approximate surface area is 186 Å². The summed E-state index contributed by atoms with van der Waals surface area (Å²) in [5, 5.41) is 6.27. The number of halogens is 1. The summed E-state index contributed by atoms with van der Waals surface area (Å²) in [7, 11) is 2.07. The number of hydrogen-bond donors (Lipinski definition) is 2. The van der Waals surface area contributed by atoms with E-state index < -0.39 is 0 Å². The minimum atomic E-state index is 0. The molecule has 0 aromatic heterocycles. The molecule has 7 heteroatoms. The van der Waals surface area contributed by atoms with Gasteiger partial charge in [-0.2, -0.15) is 0 Å². The van der Waals surface area contributed by atoms with Crippen LogP contribution >= 0.6 is 24.0 Å². The highest BCUT2D eigenvalue weighted by Gasteiger charge is 2.15. The fraction of sp³-hybridized carbons (Fsp3) is 0.619. The monoisotopic (exact) mass is 502 g/mol. The van der Waals surface area contributed by atoms with E-state index in [0.717, 1.165) is 63.0 Å². The van der Waals surface area contributed by atoms with E-state index in [2.05, 4.69) is 34.5 Å². The van der Waals surface area contributed by atoms with Gasteiger partial charge in [0.15, 0.2) is 5.96 Å². The Morgan fingerprint density at radius 2 is 1.93 bits per heavy atom. The Kier molecular flexibility index (Phi) is 12.9. The van der Waals surface area contributed by atoms with Gasteiger partial charge >= 0.3 is 0 Å². The molecule has 158 valence electrons. The number of guanidine groups is 1. The van der Waals surface area contributed by atoms with Gasteiger partial charge in [-0.25, -0.2) is 0 Å². The van der Waals surface area contributed by atoms with Crippen molar-refractivity contribution in [3.05, 3.63) is 35.9 Å². The molecule has 1 aliphatic rings. The molecule has 2 N–H and O–H groups in total. The van der Waals surface area contributed by atoms with Crippen LogP contribution in [-0.2, 0) is 16.1 Å². The van der Waals surface area contributed by atoms with Crippen molar-refractivity contribution in [2.75, 3.05) is 39.9 Å². The second-order valence-corrected chi connectivity index (χ2v) is 7.01. The standard InChI is InChI=1S/C21H34N4O2.HI/c1-3-22-21(25(2)14-10-18-11-15-27-16-12-18)23-13-9-20(26)24-17-19-7-5-4-6-8-19;/h4-8,18H,3,9-17H2,1-2H3,(H,22,23)(H,24,26);1H. The highest BCUT2D eigenvalue weighted by atomic mass is 127. The number of rotatable bonds is 9. The zero-order valence-electron chi connectivity index (χ0n) is 17.2. The molecule has 1 heterocycles. The maximum absolute atomic E-state index is 12.0. The minimum Gasteiger partial charge on any atom is -0.381 e. The van der Waals surface area contributed by atoms with Gasteiger partial charge in [0.2, 0.25) is 5.91 Å². The average Bonchev–Trinajstić information content (AvgIpc) is 2.71. The van der Waals surface area contributed by atoms with Crippen LogP contribution in [0.2, 0.25) is 0 Å². The number of nitrogens with zero attached hydrogens (tertiary/aromatic N) is 2. The molecule has 0 aliphatic carbocycles. The van der Waals surface area contributed by atoms with Crippen LogP contribution in [0.3, 0.4) is 0 Å². The fourth-order valence-electron chi connectivity index (χ4n) is 3.14. The fourth-order valence-corrected chi connectivity index (χ4v) is 3.14. The lowest BCUT2D eigenvalue weighted by Gasteiger charge is -2.26. The molecule has 0 saturated carbocycles. The molecule has 1 saturated heterocycles. The molecular formula is C21H35IN4O2. The molecule has 0 spiro atoms. The maximum Gasteiger partial charge on any atom is 0.222 e. The van der Waals surface area contributed by atoms with Gasteiger partial charge in [0.25, 0.3) is 0 Å². The summed E-state index contributed by atoms with van der Waals surface area (Å²) in [6.45, 7) is 6.69. The summed E-state index contributed by atoms with van der Waals surface area (Å²) in [6.07, 6.45) is 3.86. The number of aliphatic imine (C=N–C) groups is 1. The van der Waals surface area contributed by atoms with Crippen molar-refractivity contribution in [2.45, 2.75) is 39.2 Å². The molecular weight excluding hydrogens is 467 g/mol. The lowest BCUT2D eigenvalue weighted by molar-refractivity contribution is -0.121. The third-order valence-corrected chi connectivity index (χ3v) is 4.84. The third-order valence-electron chi connectivity index (χ3n) is 4.84. The molecule has 2 rings (SSSR count). The van der Waals surface area contributed by atoms with Crippen molar-refractivity contribution in [2.24, 2.45) is 10.9 Å². The molecule has 1 aliphatic heterocycles. The molecule has 6 nitrogen and oxygen atoms in total. The molecule has 0 unspecified atom stereocenters. The average molecular weight is 502 g/mol. The highest BCUT2D eigenvalue weighted by Crippen LogP contribution is 2.18. The SMILES string of the molecule is CCNC(=NCCC(=O)NCc1ccccc1)N(C)CCC1CCOCC1.I. The van der Waals surface area contributed by atoms with Crippen molar-refractivity contribution in [3.8, 4) is 0 Å². The molecule has 1 amide bonds. The van der Waals surface area contributed by atoms with Crippen LogP contribution in [0.1, 0.15) is 38.2 Å². The van der Waals surface area contributed by atoms with E-state index in [0.29, 0.717) is 19.5 Å². The van der Waals surface area contributed by atoms with Crippen LogP contribution in [0.5, 0.6) is 0 Å². The first-order valence-corrected chi connectivity index (χ1v) is 10.1. The number of hydrogen-bond acceptors (Lipinski definition) is 3. The molecule has 1 aromatic carbocycles. The first-order valence-electron chi connectivity index (χ1n) is 10.1. The summed E-state index contributed by atoms with van der Waals surface area (Å²) >= 11 is 0. The van der Waals surface area contributed by atoms with Crippen LogP contribution in [-0.4, -0.2) is 56.7 Å². The predicted molar refractivity (Wildman–Crippen MR) is 125 cm³/mol. The number of ether oxygens (including phenoxy) is 1. The Bertz CT molecular complexity index is 577. The second-order valence-electron chi connectivity index (χ2n) is 7.01. The van der Waals surface area contributed by atoms with Gasteiger partial charge in [-0.3, -0.25) is 9.79 Å². The lowest BCUT2D eigenvalue weighted by Crippen LogP contribution is -2.40. The molecule has 0 radical (unpaired) electrons. The minimum absolute atomic E-state index is 0. The lowest BCUT2D eigenvalue weighted by atomic mass is 9.96. The van der Waals surface area contributed by atoms with E-state index in [9.17, 15) is 4.79 Å². The van der Waals surface area contributed by atoms with E-state index >= 15 is 0 Å². The zero-order chi connectivity index (χ0) is 19.3. The van der Waals surface area contributed by atoms with Crippen LogP contribution < -0.4 is 10.6 Å². The van der Waals surface area contributed by atoms with Crippen molar-refractivity contribution < 1.29 is 9.53 Å². The van der Waals surface area contributed by atoms with Crippen molar-refractivity contribution in [3.63, 3.8) is 0 Å². The van der Waals surface area contributed by atoms with Gasteiger partial charge in [0, 0.05) is 46.3 Å². The molecule has 1 aromatic rings. The summed E-state index contributed by atoms with van der Waals surface area (Å²) in [6, 6.07) is 9.94. The van der Waals surface area contributed by atoms with E-state index in [1.54, 1.807) is 0 Å². The van der Waals surface area contributed by atoms with Gasteiger partial charge in [-0.1, -0.05) is 30.3 Å². The van der Waals surface area contributed by atoms with Crippen LogP contribution in [0, 0.1) is 5.92 Å². The van der Waals surface area contributed by atoms with Crippen molar-refractivity contribution in [1.29, 1.82) is 0 Å². The topological polar surface area (TPSA) is 66.0 Å². The summed E-state index contributed by atoms with van der Waals surface area (Å²) in [5.41, 5.74) is 1.11. The second kappa shape index (κ2) is 14.6. The molecule has 0 atom stereocenters. The number of nitrogens with one attached hydrogen (secondary N) is 2. The van der Waals surface area contributed by atoms with Gasteiger partial charge in [-0.15, -0.1) is 24.0 Å². The highest BCUT2D eigenvalue weighted by molar-refractivity contribution is 14.0. The molecule has 28 heavy (non-hydrogen) atoms. The largest absolute Gasteiger partial charge is 0.381 e. The summed E-state index contributed by atoms with van der Waals surface area (Å²) in [4.78, 5) is 18.8. The van der Waals surface area contributed by atoms with E-state index in [1.165, 1.54) is 0 Å². The Morgan fingerprint density at radius 3 is 2.61 bits per heavy atom. The smallest absolute Gasteiger partial charge is 0.222 e. The van der Waals surface area contributed by atoms with Crippen molar-refractivity contribution >= 4 is 35.8 Å². The Morgan fingerprint density at radius 1 is 1.21 bits per heavy atom. The summed E-state index contributed by atoms with van der Waals surface area (Å²) < 4.78 is 5.43. The van der Waals surface area contributed by atoms with Gasteiger partial charge in [0.1, 0.15) is 0 Å². The van der Waals surface area contributed by atoms with Gasteiger partial charge in [-0.05, 0) is 37.7 Å². The molecule has 0 bridgehead atoms. The number of carbonyl (C=O) groups excluding carboxylic acids is 1. The van der Waals surface area contributed by atoms with E-state index in [4.69, 9.17) is 4.74 Å². The van der Waals surface area contributed by atoms with Crippen LogP contribution in [0.15, 0.2) is 35.3 Å². The summed E-state index contributed by atoms with van der Waals surface area (Å²) in [5.74, 6) is 1.65. The third kappa shape index (κ3) is 9.73. The van der Waals surface area contributed by atoms with E-state index in [1.807, 2.05) is 30.3 Å². The van der Waals surface area contributed by atoms with Crippen LogP contribution in [0.25, 0.3) is 0 Å². The molecule has 1 fully saturated rings. The van der Waals surface area contributed by atoms with Gasteiger partial charge < -0.3 is 20.3 Å². The normalized spacial score (nSPS) is 14.9. The predicted octanol–water partition coefficient (Wildman–Crippen LogP) is 3.02. The first-order chi connectivity index (χ1) is 13.2. The zero-order valence-corrected chi connectivity index (χ0v) is 19.5. The van der Waals surface area contributed by atoms with Crippen molar-refractivity contribution in [1.82, 2.24) is 15.5 Å².